The third-order valence-corrected chi connectivity index (χ3v) is 2.77. The summed E-state index contributed by atoms with van der Waals surface area (Å²) in [7, 11) is 1.31. The van der Waals surface area contributed by atoms with Gasteiger partial charge in [-0.2, -0.15) is 13.2 Å². The van der Waals surface area contributed by atoms with E-state index in [1.165, 1.54) is 7.11 Å². The molecule has 0 aromatic heterocycles. The van der Waals surface area contributed by atoms with Gasteiger partial charge in [0.2, 0.25) is 5.91 Å². The Kier molecular flexibility index (Phi) is 11.0. The maximum absolute atomic E-state index is 11.8. The number of rotatable bonds is 6. The number of ether oxygens (including phenoxy) is 1. The first-order valence-corrected chi connectivity index (χ1v) is 7.17. The number of hydrogen-bond donors (Lipinski definition) is 3. The molecule has 24 heavy (non-hydrogen) atoms. The molecule has 0 saturated heterocycles. The Morgan fingerprint density at radius 3 is 1.83 bits per heavy atom. The number of alkyl halides is 3. The van der Waals surface area contributed by atoms with E-state index in [0.29, 0.717) is 6.42 Å². The molecule has 0 heterocycles. The SMILES string of the molecule is COC(=O)[C@H](CC(C)C)NC(=O)[C@@H](N)C(C)C.O=C(O)C(F)(F)F. The molecule has 0 radical (unpaired) electrons. The maximum Gasteiger partial charge on any atom is 0.490 e. The predicted octanol–water partition coefficient (Wildman–Crippen LogP) is 1.31. The van der Waals surface area contributed by atoms with Crippen molar-refractivity contribution in [1.29, 1.82) is 0 Å². The first-order valence-electron chi connectivity index (χ1n) is 7.17. The van der Waals surface area contributed by atoms with E-state index in [1.54, 1.807) is 0 Å². The van der Waals surface area contributed by atoms with Crippen molar-refractivity contribution in [2.45, 2.75) is 52.4 Å². The number of carbonyl (C=O) groups excluding carboxylic acids is 2. The number of amides is 1. The number of halogens is 3. The zero-order valence-corrected chi connectivity index (χ0v) is 14.3. The second-order valence-corrected chi connectivity index (χ2v) is 5.79. The molecule has 4 N–H and O–H groups in total. The predicted molar refractivity (Wildman–Crippen MR) is 79.9 cm³/mol. The van der Waals surface area contributed by atoms with Gasteiger partial charge in [-0.1, -0.05) is 27.7 Å². The maximum atomic E-state index is 11.8. The number of aliphatic carboxylic acids is 1. The van der Waals surface area contributed by atoms with Gasteiger partial charge in [0.15, 0.2) is 0 Å². The van der Waals surface area contributed by atoms with E-state index in [4.69, 9.17) is 15.6 Å². The summed E-state index contributed by atoms with van der Waals surface area (Å²) in [5, 5.41) is 9.77. The van der Waals surface area contributed by atoms with Gasteiger partial charge in [-0.15, -0.1) is 0 Å². The van der Waals surface area contributed by atoms with Crippen LogP contribution in [0.2, 0.25) is 0 Å². The fourth-order valence-electron chi connectivity index (χ4n) is 1.40. The van der Waals surface area contributed by atoms with Crippen molar-refractivity contribution in [3.05, 3.63) is 0 Å². The number of carbonyl (C=O) groups is 3. The van der Waals surface area contributed by atoms with Crippen LogP contribution in [0.25, 0.3) is 0 Å². The molecular formula is C14H25F3N2O5. The number of methoxy groups -OCH3 is 1. The van der Waals surface area contributed by atoms with E-state index in [-0.39, 0.29) is 17.7 Å². The van der Waals surface area contributed by atoms with Gasteiger partial charge < -0.3 is 20.9 Å². The van der Waals surface area contributed by atoms with Crippen molar-refractivity contribution in [2.75, 3.05) is 7.11 Å². The molecular weight excluding hydrogens is 333 g/mol. The fourth-order valence-corrected chi connectivity index (χ4v) is 1.40. The number of esters is 1. The summed E-state index contributed by atoms with van der Waals surface area (Å²) in [5.74, 6) is -3.17. The van der Waals surface area contributed by atoms with Crippen molar-refractivity contribution < 1.29 is 37.4 Å². The lowest BCUT2D eigenvalue weighted by Gasteiger charge is -2.22. The van der Waals surface area contributed by atoms with Gasteiger partial charge in [0.25, 0.3) is 0 Å². The van der Waals surface area contributed by atoms with Crippen LogP contribution in [0.4, 0.5) is 13.2 Å². The summed E-state index contributed by atoms with van der Waals surface area (Å²) < 4.78 is 36.4. The molecule has 0 aromatic rings. The minimum absolute atomic E-state index is 0.0346. The zero-order chi connectivity index (χ0) is 19.7. The zero-order valence-electron chi connectivity index (χ0n) is 14.3. The minimum Gasteiger partial charge on any atom is -0.475 e. The molecule has 0 aliphatic rings. The number of hydrogen-bond acceptors (Lipinski definition) is 5. The standard InChI is InChI=1S/C12H24N2O3.C2HF3O2/c1-7(2)6-9(12(16)17-5)14-11(15)10(13)8(3)4;3-2(4,5)1(6)7/h7-10H,6,13H2,1-5H3,(H,14,15);(H,6,7)/t9-,10-;/m0./s1. The van der Waals surface area contributed by atoms with E-state index in [9.17, 15) is 22.8 Å². The van der Waals surface area contributed by atoms with Crippen LogP contribution in [-0.4, -0.2) is 48.3 Å². The molecule has 0 aliphatic heterocycles. The lowest BCUT2D eigenvalue weighted by atomic mass is 10.0. The van der Waals surface area contributed by atoms with Crippen LogP contribution in [0.15, 0.2) is 0 Å². The smallest absolute Gasteiger partial charge is 0.475 e. The van der Waals surface area contributed by atoms with Gasteiger partial charge in [-0.05, 0) is 18.3 Å². The van der Waals surface area contributed by atoms with Gasteiger partial charge in [0.05, 0.1) is 13.2 Å². The second kappa shape index (κ2) is 10.8. The Morgan fingerprint density at radius 1 is 1.17 bits per heavy atom. The number of nitrogens with one attached hydrogen (secondary N) is 1. The largest absolute Gasteiger partial charge is 0.490 e. The molecule has 7 nitrogen and oxygen atoms in total. The van der Waals surface area contributed by atoms with Crippen LogP contribution >= 0.6 is 0 Å². The monoisotopic (exact) mass is 358 g/mol. The molecule has 10 heteroatoms. The van der Waals surface area contributed by atoms with E-state index in [1.807, 2.05) is 27.7 Å². The van der Waals surface area contributed by atoms with E-state index in [0.717, 1.165) is 0 Å². The van der Waals surface area contributed by atoms with Gasteiger partial charge >= 0.3 is 18.1 Å². The van der Waals surface area contributed by atoms with Crippen LogP contribution in [0.3, 0.4) is 0 Å². The molecule has 0 aliphatic carbocycles. The summed E-state index contributed by atoms with van der Waals surface area (Å²) in [6, 6.07) is -1.22. The Balaban J connectivity index is 0. The van der Waals surface area contributed by atoms with E-state index >= 15 is 0 Å². The second-order valence-electron chi connectivity index (χ2n) is 5.79. The molecule has 0 saturated carbocycles. The van der Waals surface area contributed by atoms with Crippen LogP contribution in [0.5, 0.6) is 0 Å². The minimum atomic E-state index is -5.08. The van der Waals surface area contributed by atoms with Crippen molar-refractivity contribution in [1.82, 2.24) is 5.32 Å². The molecule has 0 spiro atoms. The molecule has 0 unspecified atom stereocenters. The molecule has 1 amide bonds. The average molecular weight is 358 g/mol. The summed E-state index contributed by atoms with van der Waals surface area (Å²) in [6.45, 7) is 7.68. The van der Waals surface area contributed by atoms with Crippen molar-refractivity contribution in [3.63, 3.8) is 0 Å². The number of nitrogens with two attached hydrogens (primary N) is 1. The normalized spacial score (nSPS) is 13.6. The van der Waals surface area contributed by atoms with Crippen molar-refractivity contribution >= 4 is 17.8 Å². The Labute approximate surface area is 138 Å². The fraction of sp³-hybridized carbons (Fsp3) is 0.786. The highest BCUT2D eigenvalue weighted by Gasteiger charge is 2.38. The quantitative estimate of drug-likeness (QED) is 0.616. The van der Waals surface area contributed by atoms with Crippen LogP contribution in [0.1, 0.15) is 34.1 Å². The van der Waals surface area contributed by atoms with Crippen LogP contribution in [0, 0.1) is 11.8 Å². The van der Waals surface area contributed by atoms with Crippen molar-refractivity contribution in [3.8, 4) is 0 Å². The Bertz CT molecular complexity index is 425. The molecule has 142 valence electrons. The summed E-state index contributed by atoms with van der Waals surface area (Å²) in [5.41, 5.74) is 5.72. The van der Waals surface area contributed by atoms with Gasteiger partial charge in [0, 0.05) is 0 Å². The van der Waals surface area contributed by atoms with E-state index in [2.05, 4.69) is 10.1 Å². The highest BCUT2D eigenvalue weighted by molar-refractivity contribution is 5.87. The van der Waals surface area contributed by atoms with Crippen LogP contribution < -0.4 is 11.1 Å². The molecule has 0 fully saturated rings. The first kappa shape index (κ1) is 24.4. The third kappa shape index (κ3) is 10.8. The topological polar surface area (TPSA) is 119 Å². The van der Waals surface area contributed by atoms with E-state index < -0.39 is 30.2 Å². The lowest BCUT2D eigenvalue weighted by Crippen LogP contribution is -2.50. The highest BCUT2D eigenvalue weighted by atomic mass is 19.4. The molecule has 0 rings (SSSR count). The lowest BCUT2D eigenvalue weighted by molar-refractivity contribution is -0.192. The molecule has 0 bridgehead atoms. The molecule has 2 atom stereocenters. The number of carboxylic acid groups (broad SMARTS) is 1. The summed E-state index contributed by atoms with van der Waals surface area (Å²) in [6.07, 6.45) is -4.54. The number of carboxylic acids is 1. The summed E-state index contributed by atoms with van der Waals surface area (Å²) >= 11 is 0. The average Bonchev–Trinajstić information content (AvgIpc) is 2.43. The Morgan fingerprint density at radius 2 is 1.58 bits per heavy atom. The van der Waals surface area contributed by atoms with Crippen LogP contribution in [-0.2, 0) is 19.1 Å². The van der Waals surface area contributed by atoms with Gasteiger partial charge in [-0.25, -0.2) is 9.59 Å². The molecule has 0 aromatic carbocycles. The summed E-state index contributed by atoms with van der Waals surface area (Å²) in [4.78, 5) is 32.1. The third-order valence-electron chi connectivity index (χ3n) is 2.77. The van der Waals surface area contributed by atoms with Gasteiger partial charge in [-0.3, -0.25) is 4.79 Å². The Hall–Kier alpha value is -1.84. The first-order chi connectivity index (χ1) is 10.7. The highest BCUT2D eigenvalue weighted by Crippen LogP contribution is 2.13. The van der Waals surface area contributed by atoms with Crippen molar-refractivity contribution in [2.24, 2.45) is 17.6 Å². The van der Waals surface area contributed by atoms with Gasteiger partial charge in [0.1, 0.15) is 6.04 Å².